The zero-order valence-electron chi connectivity index (χ0n) is 12.9. The maximum Gasteiger partial charge on any atom is 0.159 e. The van der Waals surface area contributed by atoms with Crippen LogP contribution >= 0.6 is 0 Å². The number of hydrogen-bond donors (Lipinski definition) is 0. The summed E-state index contributed by atoms with van der Waals surface area (Å²) in [6.45, 7) is 0.651. The molecule has 1 atom stereocenters. The van der Waals surface area contributed by atoms with Crippen LogP contribution in [-0.4, -0.2) is 13.8 Å². The summed E-state index contributed by atoms with van der Waals surface area (Å²) < 4.78 is 40.4. The molecular weight excluding hydrogens is 330 g/mol. The van der Waals surface area contributed by atoms with Crippen molar-refractivity contribution in [2.45, 2.75) is 18.1 Å². The van der Waals surface area contributed by atoms with Crippen LogP contribution in [0, 0.1) is 11.6 Å². The molecule has 0 aliphatic carbocycles. The number of benzene rings is 2. The van der Waals surface area contributed by atoms with Crippen LogP contribution in [0.25, 0.3) is 0 Å². The lowest BCUT2D eigenvalue weighted by Gasteiger charge is -2.08. The number of rotatable bonds is 6. The number of imidazole rings is 1. The van der Waals surface area contributed by atoms with E-state index in [0.717, 1.165) is 17.7 Å². The van der Waals surface area contributed by atoms with E-state index in [9.17, 15) is 13.0 Å². The standard InChI is InChI=1S/C18H16F2N2OS/c19-16-7-6-15(10-17(16)20)12-24(23)13-18-21-8-9-22(18)11-14-4-2-1-3-5-14/h1-10H,11-13H2/t24-/m0/s1. The first-order valence-corrected chi connectivity index (χ1v) is 8.93. The van der Waals surface area contributed by atoms with Crippen LogP contribution in [0.3, 0.4) is 0 Å². The monoisotopic (exact) mass is 346 g/mol. The van der Waals surface area contributed by atoms with Crippen molar-refractivity contribution in [3.8, 4) is 0 Å². The highest BCUT2D eigenvalue weighted by Gasteiger charge is 2.11. The summed E-state index contributed by atoms with van der Waals surface area (Å²) in [7, 11) is -1.26. The van der Waals surface area contributed by atoms with Crippen molar-refractivity contribution >= 4 is 10.8 Å². The summed E-state index contributed by atoms with van der Waals surface area (Å²) in [4.78, 5) is 4.26. The minimum Gasteiger partial charge on any atom is -0.330 e. The largest absolute Gasteiger partial charge is 0.330 e. The van der Waals surface area contributed by atoms with Gasteiger partial charge in [-0.05, 0) is 23.3 Å². The lowest BCUT2D eigenvalue weighted by Crippen LogP contribution is -2.08. The third-order valence-electron chi connectivity index (χ3n) is 3.60. The Morgan fingerprint density at radius 1 is 0.958 bits per heavy atom. The van der Waals surface area contributed by atoms with Crippen LogP contribution < -0.4 is 0 Å². The van der Waals surface area contributed by atoms with Gasteiger partial charge in [0.25, 0.3) is 0 Å². The van der Waals surface area contributed by atoms with E-state index in [4.69, 9.17) is 0 Å². The molecule has 24 heavy (non-hydrogen) atoms. The smallest absolute Gasteiger partial charge is 0.159 e. The molecule has 0 aliphatic rings. The number of aromatic nitrogens is 2. The summed E-state index contributed by atoms with van der Waals surface area (Å²) in [6.07, 6.45) is 3.52. The van der Waals surface area contributed by atoms with Gasteiger partial charge >= 0.3 is 0 Å². The topological polar surface area (TPSA) is 34.9 Å². The first-order valence-electron chi connectivity index (χ1n) is 7.44. The van der Waals surface area contributed by atoms with Crippen LogP contribution in [0.1, 0.15) is 17.0 Å². The molecule has 0 saturated heterocycles. The molecule has 3 nitrogen and oxygen atoms in total. The van der Waals surface area contributed by atoms with Gasteiger partial charge in [0.15, 0.2) is 11.6 Å². The van der Waals surface area contributed by atoms with Gasteiger partial charge in [0.05, 0.1) is 5.75 Å². The molecule has 1 aromatic heterocycles. The van der Waals surface area contributed by atoms with Gasteiger partial charge in [-0.15, -0.1) is 0 Å². The van der Waals surface area contributed by atoms with Gasteiger partial charge in [-0.3, -0.25) is 4.21 Å². The van der Waals surface area contributed by atoms with Gasteiger partial charge < -0.3 is 4.57 Å². The maximum atomic E-state index is 13.2. The highest BCUT2D eigenvalue weighted by atomic mass is 32.2. The fraction of sp³-hybridized carbons (Fsp3) is 0.167. The van der Waals surface area contributed by atoms with Crippen LogP contribution in [-0.2, 0) is 28.9 Å². The minimum absolute atomic E-state index is 0.162. The first kappa shape index (κ1) is 16.5. The van der Waals surface area contributed by atoms with E-state index < -0.39 is 22.4 Å². The molecule has 0 radical (unpaired) electrons. The normalized spacial score (nSPS) is 12.2. The molecule has 0 bridgehead atoms. The number of halogens is 2. The van der Waals surface area contributed by atoms with Crippen LogP contribution in [0.15, 0.2) is 60.9 Å². The molecule has 1 heterocycles. The molecule has 0 N–H and O–H groups in total. The second kappa shape index (κ2) is 7.49. The summed E-state index contributed by atoms with van der Waals surface area (Å²) >= 11 is 0. The highest BCUT2D eigenvalue weighted by Crippen LogP contribution is 2.13. The Bertz CT molecular complexity index is 849. The molecule has 0 spiro atoms. The molecule has 2 aromatic carbocycles. The Kier molecular flexibility index (Phi) is 5.15. The van der Waals surface area contributed by atoms with E-state index in [1.54, 1.807) is 6.20 Å². The van der Waals surface area contributed by atoms with E-state index in [-0.39, 0.29) is 11.5 Å². The fourth-order valence-corrected chi connectivity index (χ4v) is 3.60. The minimum atomic E-state index is -1.26. The molecule has 3 rings (SSSR count). The van der Waals surface area contributed by atoms with Crippen molar-refractivity contribution in [3.63, 3.8) is 0 Å². The van der Waals surface area contributed by atoms with E-state index in [2.05, 4.69) is 4.98 Å². The van der Waals surface area contributed by atoms with Crippen LogP contribution in [0.5, 0.6) is 0 Å². The van der Waals surface area contributed by atoms with Crippen LogP contribution in [0.2, 0.25) is 0 Å². The van der Waals surface area contributed by atoms with Crippen molar-refractivity contribution in [1.82, 2.24) is 9.55 Å². The molecule has 0 amide bonds. The summed E-state index contributed by atoms with van der Waals surface area (Å²) in [5.41, 5.74) is 1.64. The van der Waals surface area contributed by atoms with Gasteiger partial charge in [-0.25, -0.2) is 13.8 Å². The Labute approximate surface area is 141 Å². The average Bonchev–Trinajstić information content (AvgIpc) is 2.99. The lowest BCUT2D eigenvalue weighted by atomic mass is 10.2. The quantitative estimate of drug-likeness (QED) is 0.683. The molecule has 0 saturated carbocycles. The van der Waals surface area contributed by atoms with Crippen molar-refractivity contribution in [2.75, 3.05) is 0 Å². The molecular formula is C18H16F2N2OS. The highest BCUT2D eigenvalue weighted by molar-refractivity contribution is 7.83. The molecule has 0 aliphatic heterocycles. The third kappa shape index (κ3) is 4.14. The van der Waals surface area contributed by atoms with E-state index in [1.807, 2.05) is 41.1 Å². The lowest BCUT2D eigenvalue weighted by molar-refractivity contribution is 0.507. The average molecular weight is 346 g/mol. The van der Waals surface area contributed by atoms with Crippen molar-refractivity contribution in [1.29, 1.82) is 0 Å². The van der Waals surface area contributed by atoms with E-state index in [1.165, 1.54) is 6.07 Å². The van der Waals surface area contributed by atoms with Crippen molar-refractivity contribution in [2.24, 2.45) is 0 Å². The number of hydrogen-bond acceptors (Lipinski definition) is 2. The predicted molar refractivity (Wildman–Crippen MR) is 89.7 cm³/mol. The second-order valence-corrected chi connectivity index (χ2v) is 6.89. The third-order valence-corrected chi connectivity index (χ3v) is 4.83. The fourth-order valence-electron chi connectivity index (χ4n) is 2.41. The molecule has 3 aromatic rings. The first-order chi connectivity index (χ1) is 11.6. The zero-order valence-corrected chi connectivity index (χ0v) is 13.7. The second-order valence-electron chi connectivity index (χ2n) is 5.43. The zero-order chi connectivity index (χ0) is 16.9. The SMILES string of the molecule is O=[S@@](Cc1ccc(F)c(F)c1)Cc1nccn1Cc1ccccc1. The molecule has 124 valence electrons. The molecule has 6 heteroatoms. The Balaban J connectivity index is 1.66. The van der Waals surface area contributed by atoms with Crippen molar-refractivity contribution in [3.05, 3.63) is 89.5 Å². The van der Waals surface area contributed by atoms with Gasteiger partial charge in [-0.1, -0.05) is 36.4 Å². The van der Waals surface area contributed by atoms with E-state index >= 15 is 0 Å². The van der Waals surface area contributed by atoms with Gasteiger partial charge in [0.2, 0.25) is 0 Å². The summed E-state index contributed by atoms with van der Waals surface area (Å²) in [5.74, 6) is -0.688. The van der Waals surface area contributed by atoms with Crippen LogP contribution in [0.4, 0.5) is 8.78 Å². The molecule has 0 fully saturated rings. The maximum absolute atomic E-state index is 13.2. The predicted octanol–water partition coefficient (Wildman–Crippen LogP) is 3.66. The Morgan fingerprint density at radius 3 is 2.50 bits per heavy atom. The van der Waals surface area contributed by atoms with Gasteiger partial charge in [0, 0.05) is 35.5 Å². The Morgan fingerprint density at radius 2 is 1.75 bits per heavy atom. The Hall–Kier alpha value is -2.34. The summed E-state index contributed by atoms with van der Waals surface area (Å²) in [5, 5.41) is 0. The summed E-state index contributed by atoms with van der Waals surface area (Å²) in [6, 6.07) is 13.5. The van der Waals surface area contributed by atoms with Crippen molar-refractivity contribution < 1.29 is 13.0 Å². The number of nitrogens with zero attached hydrogens (tertiary/aromatic N) is 2. The van der Waals surface area contributed by atoms with E-state index in [0.29, 0.717) is 17.9 Å². The molecule has 0 unspecified atom stereocenters. The van der Waals surface area contributed by atoms with Gasteiger partial charge in [0.1, 0.15) is 5.82 Å². The van der Waals surface area contributed by atoms with Gasteiger partial charge in [-0.2, -0.15) is 0 Å².